The van der Waals surface area contributed by atoms with Crippen LogP contribution in [0.2, 0.25) is 0 Å². The Morgan fingerprint density at radius 2 is 1.80 bits per heavy atom. The first-order valence-corrected chi connectivity index (χ1v) is 9.73. The zero-order valence-corrected chi connectivity index (χ0v) is 16.8. The molecule has 3 N–H and O–H groups in total. The third-order valence-corrected chi connectivity index (χ3v) is 5.80. The summed E-state index contributed by atoms with van der Waals surface area (Å²) in [6.45, 7) is 8.80. The maximum Gasteiger partial charge on any atom is 0.241 e. The molecule has 1 aliphatic heterocycles. The number of carbonyl (C=O) groups excluding carboxylic acids is 1. The predicted octanol–water partition coefficient (Wildman–Crippen LogP) is 2.43. The molecule has 0 spiro atoms. The zero-order valence-electron chi connectivity index (χ0n) is 15.2. The van der Waals surface area contributed by atoms with Crippen molar-refractivity contribution >= 4 is 34.0 Å². The summed E-state index contributed by atoms with van der Waals surface area (Å²) in [6.07, 6.45) is 1.60. The Kier molecular flexibility index (Phi) is 7.43. The average molecular weight is 390 g/mol. The van der Waals surface area contributed by atoms with Crippen molar-refractivity contribution in [3.8, 4) is 0 Å². The predicted molar refractivity (Wildman–Crippen MR) is 103 cm³/mol. The number of hydrogen-bond acceptors (Lipinski definition) is 4. The van der Waals surface area contributed by atoms with Crippen molar-refractivity contribution in [3.63, 3.8) is 0 Å². The van der Waals surface area contributed by atoms with Crippen molar-refractivity contribution in [2.75, 3.05) is 18.4 Å². The molecular weight excluding hydrogens is 362 g/mol. The van der Waals surface area contributed by atoms with Crippen LogP contribution in [-0.4, -0.2) is 33.0 Å². The standard InChI is InChI=1S/C17H27N3O3S.ClH/c1-12-5-6-14(19-16(21)13-7-9-18-10-8-13)11-15(12)24(22,23)20-17(2,3)4;/h5-6,11,13,18,20H,7-10H2,1-4H3,(H,19,21);1H. The van der Waals surface area contributed by atoms with E-state index in [1.165, 1.54) is 6.07 Å². The zero-order chi connectivity index (χ0) is 18.0. The molecule has 1 aliphatic rings. The summed E-state index contributed by atoms with van der Waals surface area (Å²) < 4.78 is 27.8. The summed E-state index contributed by atoms with van der Waals surface area (Å²) in [5.74, 6) is -0.0761. The van der Waals surface area contributed by atoms with Crippen LogP contribution in [0.4, 0.5) is 5.69 Å². The van der Waals surface area contributed by atoms with Crippen LogP contribution in [0.25, 0.3) is 0 Å². The smallest absolute Gasteiger partial charge is 0.241 e. The molecule has 0 aliphatic carbocycles. The van der Waals surface area contributed by atoms with Crippen LogP contribution in [0.3, 0.4) is 0 Å². The van der Waals surface area contributed by atoms with Gasteiger partial charge in [0.15, 0.2) is 0 Å². The Bertz CT molecular complexity index is 708. The summed E-state index contributed by atoms with van der Waals surface area (Å²) in [4.78, 5) is 12.5. The first-order valence-electron chi connectivity index (χ1n) is 8.25. The summed E-state index contributed by atoms with van der Waals surface area (Å²) in [7, 11) is -3.64. The molecule has 0 atom stereocenters. The van der Waals surface area contributed by atoms with Crippen LogP contribution in [0.5, 0.6) is 0 Å². The fraction of sp³-hybridized carbons (Fsp3) is 0.588. The molecule has 142 valence electrons. The van der Waals surface area contributed by atoms with Gasteiger partial charge >= 0.3 is 0 Å². The van der Waals surface area contributed by atoms with Crippen molar-refractivity contribution in [2.45, 2.75) is 51.0 Å². The van der Waals surface area contributed by atoms with Gasteiger partial charge < -0.3 is 10.6 Å². The van der Waals surface area contributed by atoms with E-state index < -0.39 is 15.6 Å². The van der Waals surface area contributed by atoms with Crippen molar-refractivity contribution in [1.82, 2.24) is 10.0 Å². The second-order valence-corrected chi connectivity index (χ2v) is 9.00. The molecule has 8 heteroatoms. The van der Waals surface area contributed by atoms with Crippen molar-refractivity contribution in [1.29, 1.82) is 0 Å². The molecule has 0 aromatic heterocycles. The Hall–Kier alpha value is -1.15. The van der Waals surface area contributed by atoms with Crippen LogP contribution < -0.4 is 15.4 Å². The maximum absolute atomic E-state index is 12.6. The molecule has 0 saturated carbocycles. The maximum atomic E-state index is 12.6. The van der Waals surface area contributed by atoms with E-state index in [0.717, 1.165) is 25.9 Å². The average Bonchev–Trinajstić information content (AvgIpc) is 2.47. The first kappa shape index (κ1) is 21.9. The first-order chi connectivity index (χ1) is 11.1. The SMILES string of the molecule is Cc1ccc(NC(=O)C2CCNCC2)cc1S(=O)(=O)NC(C)(C)C.Cl. The summed E-state index contributed by atoms with van der Waals surface area (Å²) >= 11 is 0. The number of carbonyl (C=O) groups is 1. The molecule has 6 nitrogen and oxygen atoms in total. The summed E-state index contributed by atoms with van der Waals surface area (Å²) in [5.41, 5.74) is 0.588. The van der Waals surface area contributed by atoms with Crippen LogP contribution in [0.15, 0.2) is 23.1 Å². The number of anilines is 1. The topological polar surface area (TPSA) is 87.3 Å². The summed E-state index contributed by atoms with van der Waals surface area (Å²) in [6, 6.07) is 4.99. The van der Waals surface area contributed by atoms with Crippen LogP contribution in [0.1, 0.15) is 39.2 Å². The Morgan fingerprint density at radius 3 is 2.36 bits per heavy atom. The second-order valence-electron chi connectivity index (χ2n) is 7.35. The molecule has 1 heterocycles. The molecule has 1 aromatic carbocycles. The van der Waals surface area contributed by atoms with E-state index in [2.05, 4.69) is 15.4 Å². The molecule has 2 rings (SSSR count). The Balaban J connectivity index is 0.00000312. The normalized spacial score (nSPS) is 16.2. The third-order valence-electron chi connectivity index (χ3n) is 3.90. The van der Waals surface area contributed by atoms with E-state index in [0.29, 0.717) is 11.3 Å². The van der Waals surface area contributed by atoms with E-state index in [9.17, 15) is 13.2 Å². The molecule has 0 bridgehead atoms. The van der Waals surface area contributed by atoms with Crippen LogP contribution in [0, 0.1) is 12.8 Å². The molecule has 1 fully saturated rings. The highest BCUT2D eigenvalue weighted by Gasteiger charge is 2.25. The Labute approximate surface area is 156 Å². The van der Waals surface area contributed by atoms with Gasteiger partial charge in [0, 0.05) is 17.1 Å². The van der Waals surface area contributed by atoms with Crippen LogP contribution >= 0.6 is 12.4 Å². The molecule has 0 radical (unpaired) electrons. The fourth-order valence-electron chi connectivity index (χ4n) is 2.75. The number of halogens is 1. The number of amides is 1. The van der Waals surface area contributed by atoms with E-state index in [1.807, 2.05) is 0 Å². The lowest BCUT2D eigenvalue weighted by molar-refractivity contribution is -0.120. The van der Waals surface area contributed by atoms with Gasteiger partial charge in [0.1, 0.15) is 0 Å². The van der Waals surface area contributed by atoms with Crippen LogP contribution in [-0.2, 0) is 14.8 Å². The molecule has 0 unspecified atom stereocenters. The van der Waals surface area contributed by atoms with Gasteiger partial charge in [0.2, 0.25) is 15.9 Å². The van der Waals surface area contributed by atoms with Gasteiger partial charge in [-0.05, 0) is 71.3 Å². The quantitative estimate of drug-likeness (QED) is 0.738. The van der Waals surface area contributed by atoms with E-state index in [1.54, 1.807) is 39.8 Å². The van der Waals surface area contributed by atoms with Gasteiger partial charge in [-0.2, -0.15) is 0 Å². The lowest BCUT2D eigenvalue weighted by Gasteiger charge is -2.23. The molecule has 1 amide bonds. The van der Waals surface area contributed by atoms with E-state index in [4.69, 9.17) is 0 Å². The lowest BCUT2D eigenvalue weighted by Crippen LogP contribution is -2.40. The number of rotatable bonds is 4. The van der Waals surface area contributed by atoms with E-state index >= 15 is 0 Å². The van der Waals surface area contributed by atoms with Crippen molar-refractivity contribution in [2.24, 2.45) is 5.92 Å². The van der Waals surface area contributed by atoms with Gasteiger partial charge in [-0.25, -0.2) is 13.1 Å². The number of benzene rings is 1. The minimum atomic E-state index is -3.64. The van der Waals surface area contributed by atoms with E-state index in [-0.39, 0.29) is 29.1 Å². The second kappa shape index (κ2) is 8.49. The number of hydrogen-bond donors (Lipinski definition) is 3. The van der Waals surface area contributed by atoms with Crippen molar-refractivity contribution in [3.05, 3.63) is 23.8 Å². The van der Waals surface area contributed by atoms with Gasteiger partial charge in [0.25, 0.3) is 0 Å². The lowest BCUT2D eigenvalue weighted by atomic mass is 9.97. The third kappa shape index (κ3) is 6.26. The van der Waals surface area contributed by atoms with Gasteiger partial charge in [-0.3, -0.25) is 4.79 Å². The number of aryl methyl sites for hydroxylation is 1. The molecule has 25 heavy (non-hydrogen) atoms. The monoisotopic (exact) mass is 389 g/mol. The minimum absolute atomic E-state index is 0. The molecular formula is C17H28ClN3O3S. The molecule has 1 aromatic rings. The van der Waals surface area contributed by atoms with Gasteiger partial charge in [0.05, 0.1) is 4.90 Å². The molecule has 1 saturated heterocycles. The Morgan fingerprint density at radius 1 is 1.20 bits per heavy atom. The van der Waals surface area contributed by atoms with Crippen molar-refractivity contribution < 1.29 is 13.2 Å². The number of piperidine rings is 1. The summed E-state index contributed by atoms with van der Waals surface area (Å²) in [5, 5.41) is 6.08. The minimum Gasteiger partial charge on any atom is -0.326 e. The van der Waals surface area contributed by atoms with Gasteiger partial charge in [-0.15, -0.1) is 12.4 Å². The van der Waals surface area contributed by atoms with Gasteiger partial charge in [-0.1, -0.05) is 6.07 Å². The highest BCUT2D eigenvalue weighted by atomic mass is 35.5. The largest absolute Gasteiger partial charge is 0.326 e. The number of sulfonamides is 1. The highest BCUT2D eigenvalue weighted by molar-refractivity contribution is 7.89. The fourth-order valence-corrected chi connectivity index (χ4v) is 4.44. The number of nitrogens with one attached hydrogen (secondary N) is 3. The highest BCUT2D eigenvalue weighted by Crippen LogP contribution is 2.23.